The molecular weight excluding hydrogens is 512 g/mol. The summed E-state index contributed by atoms with van der Waals surface area (Å²) in [6.45, 7) is 1.61. The number of fused-ring (bicyclic) bond motifs is 1. The molecular formula is C23H15Cl2F3N2O3S. The molecule has 5 nitrogen and oxygen atoms in total. The van der Waals surface area contributed by atoms with Crippen molar-refractivity contribution in [3.63, 3.8) is 0 Å². The lowest BCUT2D eigenvalue weighted by molar-refractivity contribution is -0.136. The molecule has 4 rings (SSSR count). The standard InChI is InChI=1S/C23H15Cl2F3N2O3S/c1-12-21(30-22-18(23(26,27)28)4-3-5-20(22)29-12)17-11-14(6-7-19(17)25)33-15-8-13(24)9-16(10-15)34(2,31)32/h3-11H,1-2H3. The highest BCUT2D eigenvalue weighted by atomic mass is 35.5. The van der Waals surface area contributed by atoms with Crippen LogP contribution in [0.15, 0.2) is 59.5 Å². The van der Waals surface area contributed by atoms with Gasteiger partial charge in [-0.25, -0.2) is 18.4 Å². The molecule has 3 aromatic carbocycles. The first kappa shape index (κ1) is 24.3. The van der Waals surface area contributed by atoms with Crippen LogP contribution in [0, 0.1) is 6.92 Å². The molecule has 0 aliphatic rings. The van der Waals surface area contributed by atoms with Crippen LogP contribution in [0.3, 0.4) is 0 Å². The number of rotatable bonds is 4. The predicted molar refractivity (Wildman–Crippen MR) is 124 cm³/mol. The van der Waals surface area contributed by atoms with E-state index in [9.17, 15) is 21.6 Å². The highest BCUT2D eigenvalue weighted by molar-refractivity contribution is 7.90. The van der Waals surface area contributed by atoms with Crippen molar-refractivity contribution in [3.05, 3.63) is 75.9 Å². The van der Waals surface area contributed by atoms with Gasteiger partial charge < -0.3 is 4.74 Å². The molecule has 176 valence electrons. The van der Waals surface area contributed by atoms with E-state index in [1.54, 1.807) is 6.92 Å². The second-order valence-electron chi connectivity index (χ2n) is 7.47. The monoisotopic (exact) mass is 526 g/mol. The Bertz CT molecular complexity index is 1540. The largest absolute Gasteiger partial charge is 0.457 e. The normalized spacial score (nSPS) is 12.2. The predicted octanol–water partition coefficient (Wildman–Crippen LogP) is 7.13. The molecule has 34 heavy (non-hydrogen) atoms. The maximum absolute atomic E-state index is 13.5. The summed E-state index contributed by atoms with van der Waals surface area (Å²) in [6, 6.07) is 12.2. The van der Waals surface area contributed by atoms with E-state index in [0.29, 0.717) is 11.3 Å². The Balaban J connectivity index is 1.82. The number of benzene rings is 3. The first-order chi connectivity index (χ1) is 15.8. The van der Waals surface area contributed by atoms with Gasteiger partial charge in [-0.3, -0.25) is 0 Å². The topological polar surface area (TPSA) is 69.2 Å². The van der Waals surface area contributed by atoms with Crippen molar-refractivity contribution in [3.8, 4) is 22.8 Å². The molecule has 0 unspecified atom stereocenters. The average Bonchev–Trinajstić information content (AvgIpc) is 2.72. The van der Waals surface area contributed by atoms with E-state index in [-0.39, 0.29) is 43.2 Å². The molecule has 0 bridgehead atoms. The molecule has 11 heteroatoms. The van der Waals surface area contributed by atoms with Gasteiger partial charge in [-0.1, -0.05) is 29.3 Å². The summed E-state index contributed by atoms with van der Waals surface area (Å²) in [5.41, 5.74) is -0.282. The quantitative estimate of drug-likeness (QED) is 0.283. The lowest BCUT2D eigenvalue weighted by atomic mass is 10.1. The average molecular weight is 527 g/mol. The van der Waals surface area contributed by atoms with Gasteiger partial charge >= 0.3 is 6.18 Å². The Morgan fingerprint density at radius 1 is 0.941 bits per heavy atom. The Morgan fingerprint density at radius 3 is 2.35 bits per heavy atom. The zero-order chi connectivity index (χ0) is 24.8. The fraction of sp³-hybridized carbons (Fsp3) is 0.130. The Labute approximate surface area is 203 Å². The van der Waals surface area contributed by atoms with Gasteiger partial charge in [-0.15, -0.1) is 0 Å². The molecule has 0 fully saturated rings. The van der Waals surface area contributed by atoms with Gasteiger partial charge in [-0.05, 0) is 55.5 Å². The third-order valence-corrected chi connectivity index (χ3v) is 6.52. The number of nitrogens with zero attached hydrogens (tertiary/aromatic N) is 2. The summed E-state index contributed by atoms with van der Waals surface area (Å²) in [6.07, 6.45) is -3.57. The van der Waals surface area contributed by atoms with Crippen LogP contribution in [0.2, 0.25) is 10.0 Å². The van der Waals surface area contributed by atoms with Gasteiger partial charge in [0.2, 0.25) is 0 Å². The number of para-hydroxylation sites is 1. The molecule has 0 radical (unpaired) electrons. The second kappa shape index (κ2) is 8.72. The third kappa shape index (κ3) is 4.96. The summed E-state index contributed by atoms with van der Waals surface area (Å²) in [5, 5.41) is 0.375. The first-order valence-electron chi connectivity index (χ1n) is 9.66. The lowest BCUT2D eigenvalue weighted by Crippen LogP contribution is -2.08. The number of aromatic nitrogens is 2. The molecule has 0 saturated carbocycles. The van der Waals surface area contributed by atoms with Crippen molar-refractivity contribution in [2.75, 3.05) is 6.26 Å². The minimum absolute atomic E-state index is 0.0277. The number of ether oxygens (including phenoxy) is 1. The highest BCUT2D eigenvalue weighted by Crippen LogP contribution is 2.38. The van der Waals surface area contributed by atoms with Crippen LogP contribution in [0.1, 0.15) is 11.3 Å². The molecule has 0 atom stereocenters. The number of sulfone groups is 1. The number of hydrogen-bond acceptors (Lipinski definition) is 5. The lowest BCUT2D eigenvalue weighted by Gasteiger charge is -2.14. The van der Waals surface area contributed by atoms with E-state index in [4.69, 9.17) is 27.9 Å². The molecule has 0 aliphatic carbocycles. The van der Waals surface area contributed by atoms with E-state index in [2.05, 4.69) is 9.97 Å². The minimum atomic E-state index is -4.61. The van der Waals surface area contributed by atoms with E-state index < -0.39 is 21.6 Å². The first-order valence-corrected chi connectivity index (χ1v) is 12.3. The molecule has 4 aromatic rings. The fourth-order valence-corrected chi connectivity index (χ4v) is 4.51. The number of halogens is 5. The summed E-state index contributed by atoms with van der Waals surface area (Å²) < 4.78 is 70.1. The minimum Gasteiger partial charge on any atom is -0.457 e. The van der Waals surface area contributed by atoms with Crippen LogP contribution in [-0.4, -0.2) is 24.6 Å². The maximum Gasteiger partial charge on any atom is 0.418 e. The summed E-state index contributed by atoms with van der Waals surface area (Å²) >= 11 is 12.4. The van der Waals surface area contributed by atoms with E-state index in [1.807, 2.05) is 0 Å². The zero-order valence-electron chi connectivity index (χ0n) is 17.6. The van der Waals surface area contributed by atoms with Gasteiger partial charge in [0.15, 0.2) is 9.84 Å². The molecule has 0 N–H and O–H groups in total. The van der Waals surface area contributed by atoms with Crippen LogP contribution in [0.25, 0.3) is 22.3 Å². The van der Waals surface area contributed by atoms with E-state index in [0.717, 1.165) is 12.3 Å². The Morgan fingerprint density at radius 2 is 1.68 bits per heavy atom. The summed E-state index contributed by atoms with van der Waals surface area (Å²) in [5.74, 6) is 0.397. The smallest absolute Gasteiger partial charge is 0.418 e. The Kier molecular flexibility index (Phi) is 6.22. The van der Waals surface area contributed by atoms with Crippen LogP contribution >= 0.6 is 23.2 Å². The van der Waals surface area contributed by atoms with Gasteiger partial charge in [0.1, 0.15) is 17.0 Å². The number of alkyl halides is 3. The van der Waals surface area contributed by atoms with Crippen molar-refractivity contribution in [1.82, 2.24) is 9.97 Å². The van der Waals surface area contributed by atoms with Crippen molar-refractivity contribution >= 4 is 44.1 Å². The van der Waals surface area contributed by atoms with Crippen molar-refractivity contribution in [2.45, 2.75) is 18.0 Å². The highest BCUT2D eigenvalue weighted by Gasteiger charge is 2.33. The van der Waals surface area contributed by atoms with Crippen LogP contribution in [0.5, 0.6) is 11.5 Å². The molecule has 0 amide bonds. The van der Waals surface area contributed by atoms with Gasteiger partial charge in [0.05, 0.1) is 32.4 Å². The molecule has 0 saturated heterocycles. The van der Waals surface area contributed by atoms with Gasteiger partial charge in [0, 0.05) is 16.8 Å². The van der Waals surface area contributed by atoms with Crippen LogP contribution in [-0.2, 0) is 16.0 Å². The fourth-order valence-electron chi connectivity index (χ4n) is 3.34. The molecule has 0 aliphatic heterocycles. The van der Waals surface area contributed by atoms with Crippen molar-refractivity contribution in [1.29, 1.82) is 0 Å². The Hall–Kier alpha value is -2.88. The van der Waals surface area contributed by atoms with Crippen LogP contribution < -0.4 is 4.74 Å². The van der Waals surface area contributed by atoms with Crippen molar-refractivity contribution in [2.24, 2.45) is 0 Å². The summed E-state index contributed by atoms with van der Waals surface area (Å²) in [7, 11) is -3.54. The van der Waals surface area contributed by atoms with E-state index in [1.165, 1.54) is 48.5 Å². The molecule has 0 spiro atoms. The number of hydrogen-bond donors (Lipinski definition) is 0. The SMILES string of the molecule is Cc1nc2cccc(C(F)(F)F)c2nc1-c1cc(Oc2cc(Cl)cc(S(C)(=O)=O)c2)ccc1Cl. The number of aryl methyl sites for hydroxylation is 1. The second-order valence-corrected chi connectivity index (χ2v) is 10.3. The van der Waals surface area contributed by atoms with Crippen molar-refractivity contribution < 1.29 is 26.3 Å². The third-order valence-electron chi connectivity index (χ3n) is 4.88. The molecule has 1 aromatic heterocycles. The maximum atomic E-state index is 13.5. The van der Waals surface area contributed by atoms with Gasteiger partial charge in [0.25, 0.3) is 0 Å². The zero-order valence-corrected chi connectivity index (χ0v) is 19.9. The van der Waals surface area contributed by atoms with Crippen LogP contribution in [0.4, 0.5) is 13.2 Å². The molecule has 1 heterocycles. The van der Waals surface area contributed by atoms with E-state index >= 15 is 0 Å². The van der Waals surface area contributed by atoms with Gasteiger partial charge in [-0.2, -0.15) is 13.2 Å². The summed E-state index contributed by atoms with van der Waals surface area (Å²) in [4.78, 5) is 8.52.